The Kier molecular flexibility index (Phi) is 4.25. The molecule has 0 saturated carbocycles. The maximum absolute atomic E-state index is 11.8. The lowest BCUT2D eigenvalue weighted by molar-refractivity contribution is -0.137. The summed E-state index contributed by atoms with van der Waals surface area (Å²) in [4.78, 5) is 12.5. The van der Waals surface area contributed by atoms with E-state index < -0.39 is 27.8 Å². The Hall–Kier alpha value is -0.700. The highest BCUT2D eigenvalue weighted by Gasteiger charge is 2.29. The molecule has 1 atom stereocenters. The van der Waals surface area contributed by atoms with Crippen molar-refractivity contribution in [1.82, 2.24) is 9.21 Å². The van der Waals surface area contributed by atoms with Crippen LogP contribution in [0.4, 0.5) is 0 Å². The van der Waals surface area contributed by atoms with Crippen LogP contribution < -0.4 is 5.73 Å². The molecule has 1 aliphatic rings. The Bertz CT molecular complexity index is 348. The van der Waals surface area contributed by atoms with E-state index >= 15 is 0 Å². The Morgan fingerprint density at radius 1 is 1.38 bits per heavy atom. The van der Waals surface area contributed by atoms with Gasteiger partial charge in [-0.25, -0.2) is 8.42 Å². The van der Waals surface area contributed by atoms with Gasteiger partial charge >= 0.3 is 5.97 Å². The number of sulfonamides is 1. The molecule has 1 saturated heterocycles. The first-order valence-electron chi connectivity index (χ1n) is 4.97. The van der Waals surface area contributed by atoms with E-state index in [4.69, 9.17) is 10.8 Å². The zero-order valence-corrected chi connectivity index (χ0v) is 9.98. The first kappa shape index (κ1) is 13.4. The van der Waals surface area contributed by atoms with Gasteiger partial charge in [0.1, 0.15) is 6.04 Å². The Labute approximate surface area is 94.9 Å². The summed E-state index contributed by atoms with van der Waals surface area (Å²) in [6.07, 6.45) is 0. The highest BCUT2D eigenvalue weighted by atomic mass is 32.2. The summed E-state index contributed by atoms with van der Waals surface area (Å²) in [6.45, 7) is 2.10. The molecule has 1 heterocycles. The summed E-state index contributed by atoms with van der Waals surface area (Å²) in [6, 6.07) is -1.36. The summed E-state index contributed by atoms with van der Waals surface area (Å²) in [5.41, 5.74) is 5.22. The maximum Gasteiger partial charge on any atom is 0.321 e. The van der Waals surface area contributed by atoms with Crippen molar-refractivity contribution in [2.24, 2.45) is 5.73 Å². The van der Waals surface area contributed by atoms with Crippen LogP contribution in [0.3, 0.4) is 0 Å². The van der Waals surface area contributed by atoms with E-state index in [1.807, 2.05) is 11.9 Å². The van der Waals surface area contributed by atoms with Crippen LogP contribution in [0.15, 0.2) is 0 Å². The molecule has 3 N–H and O–H groups in total. The van der Waals surface area contributed by atoms with Gasteiger partial charge in [0, 0.05) is 26.2 Å². The number of likely N-dealkylation sites (N-methyl/N-ethyl adjacent to an activating group) is 1. The van der Waals surface area contributed by atoms with Gasteiger partial charge < -0.3 is 15.7 Å². The molecule has 0 radical (unpaired) electrons. The lowest BCUT2D eigenvalue weighted by Gasteiger charge is -2.31. The van der Waals surface area contributed by atoms with E-state index in [0.29, 0.717) is 26.2 Å². The summed E-state index contributed by atoms with van der Waals surface area (Å²) >= 11 is 0. The topological polar surface area (TPSA) is 104 Å². The first-order chi connectivity index (χ1) is 7.33. The third-order valence-electron chi connectivity index (χ3n) is 2.56. The van der Waals surface area contributed by atoms with Crippen LogP contribution in [0.5, 0.6) is 0 Å². The predicted octanol–water partition coefficient (Wildman–Crippen LogP) is -2.02. The number of carbonyl (C=O) groups is 1. The third kappa shape index (κ3) is 3.41. The molecule has 0 aliphatic carbocycles. The van der Waals surface area contributed by atoms with E-state index in [9.17, 15) is 13.2 Å². The summed E-state index contributed by atoms with van der Waals surface area (Å²) < 4.78 is 24.8. The van der Waals surface area contributed by atoms with Crippen LogP contribution in [0.25, 0.3) is 0 Å². The minimum absolute atomic E-state index is 0.394. The van der Waals surface area contributed by atoms with Crippen molar-refractivity contribution in [3.63, 3.8) is 0 Å². The van der Waals surface area contributed by atoms with Crippen LogP contribution in [-0.2, 0) is 14.8 Å². The number of rotatable bonds is 4. The fourth-order valence-corrected chi connectivity index (χ4v) is 3.00. The van der Waals surface area contributed by atoms with E-state index in [0.717, 1.165) is 0 Å². The van der Waals surface area contributed by atoms with Crippen molar-refractivity contribution in [3.05, 3.63) is 0 Å². The number of nitrogens with zero attached hydrogens (tertiary/aromatic N) is 2. The number of piperazine rings is 1. The standard InChI is InChI=1S/C8H17N3O4S/c1-10-2-4-11(5-3-10)16(14,15)6-7(9)8(12)13/h7H,2-6,9H2,1H3,(H,12,13)/t7-/m0/s1. The molecule has 0 aromatic carbocycles. The van der Waals surface area contributed by atoms with Gasteiger partial charge in [-0.2, -0.15) is 4.31 Å². The van der Waals surface area contributed by atoms with Crippen molar-refractivity contribution in [1.29, 1.82) is 0 Å². The van der Waals surface area contributed by atoms with Crippen LogP contribution in [-0.4, -0.2) is 73.7 Å². The molecule has 1 rings (SSSR count). The highest BCUT2D eigenvalue weighted by molar-refractivity contribution is 7.89. The Morgan fingerprint density at radius 2 is 1.88 bits per heavy atom. The molecule has 16 heavy (non-hydrogen) atoms. The van der Waals surface area contributed by atoms with Crippen molar-refractivity contribution < 1.29 is 18.3 Å². The second-order valence-corrected chi connectivity index (χ2v) is 5.94. The fourth-order valence-electron chi connectivity index (χ4n) is 1.47. The fraction of sp³-hybridized carbons (Fsp3) is 0.875. The number of carboxylic acid groups (broad SMARTS) is 1. The van der Waals surface area contributed by atoms with E-state index in [1.165, 1.54) is 4.31 Å². The smallest absolute Gasteiger partial charge is 0.321 e. The monoisotopic (exact) mass is 251 g/mol. The van der Waals surface area contributed by atoms with Gasteiger partial charge in [-0.1, -0.05) is 0 Å². The lowest BCUT2D eigenvalue weighted by Crippen LogP contribution is -2.50. The average Bonchev–Trinajstić information content (AvgIpc) is 2.17. The maximum atomic E-state index is 11.8. The number of aliphatic carboxylic acids is 1. The largest absolute Gasteiger partial charge is 0.480 e. The molecule has 0 aromatic rings. The summed E-state index contributed by atoms with van der Waals surface area (Å²) in [5, 5.41) is 8.57. The molecule has 1 fully saturated rings. The predicted molar refractivity (Wildman–Crippen MR) is 58.5 cm³/mol. The Morgan fingerprint density at radius 3 is 2.31 bits per heavy atom. The van der Waals surface area contributed by atoms with Crippen LogP contribution in [0, 0.1) is 0 Å². The van der Waals surface area contributed by atoms with Gasteiger partial charge in [-0.3, -0.25) is 4.79 Å². The molecule has 0 amide bonds. The minimum atomic E-state index is -3.55. The zero-order chi connectivity index (χ0) is 12.3. The molecule has 8 heteroatoms. The quantitative estimate of drug-likeness (QED) is 0.597. The molecule has 0 unspecified atom stereocenters. The normalized spacial score (nSPS) is 21.9. The minimum Gasteiger partial charge on any atom is -0.480 e. The van der Waals surface area contributed by atoms with E-state index in [-0.39, 0.29) is 0 Å². The second-order valence-electron chi connectivity index (χ2n) is 3.93. The van der Waals surface area contributed by atoms with Gasteiger partial charge in [0.25, 0.3) is 0 Å². The van der Waals surface area contributed by atoms with Crippen LogP contribution in [0.1, 0.15) is 0 Å². The molecule has 7 nitrogen and oxygen atoms in total. The molecule has 0 aromatic heterocycles. The number of carboxylic acids is 1. The van der Waals surface area contributed by atoms with Gasteiger partial charge in [-0.05, 0) is 7.05 Å². The highest BCUT2D eigenvalue weighted by Crippen LogP contribution is 2.07. The van der Waals surface area contributed by atoms with Crippen molar-refractivity contribution in [2.75, 3.05) is 39.0 Å². The zero-order valence-electron chi connectivity index (χ0n) is 9.16. The van der Waals surface area contributed by atoms with Crippen LogP contribution in [0.2, 0.25) is 0 Å². The summed E-state index contributed by atoms with van der Waals surface area (Å²) in [5.74, 6) is -1.83. The molecule has 0 spiro atoms. The van der Waals surface area contributed by atoms with Gasteiger partial charge in [0.2, 0.25) is 10.0 Å². The average molecular weight is 251 g/mol. The molecular weight excluding hydrogens is 234 g/mol. The number of nitrogens with two attached hydrogens (primary N) is 1. The van der Waals surface area contributed by atoms with Gasteiger partial charge in [0.05, 0.1) is 5.75 Å². The van der Waals surface area contributed by atoms with Crippen molar-refractivity contribution in [3.8, 4) is 0 Å². The third-order valence-corrected chi connectivity index (χ3v) is 4.50. The van der Waals surface area contributed by atoms with E-state index in [2.05, 4.69) is 0 Å². The second kappa shape index (κ2) is 5.09. The van der Waals surface area contributed by atoms with Crippen molar-refractivity contribution >= 4 is 16.0 Å². The summed E-state index contributed by atoms with van der Waals surface area (Å²) in [7, 11) is -1.64. The van der Waals surface area contributed by atoms with E-state index in [1.54, 1.807) is 0 Å². The van der Waals surface area contributed by atoms with Crippen molar-refractivity contribution in [2.45, 2.75) is 6.04 Å². The Balaban J connectivity index is 2.60. The molecular formula is C8H17N3O4S. The molecule has 1 aliphatic heterocycles. The van der Waals surface area contributed by atoms with Gasteiger partial charge in [-0.15, -0.1) is 0 Å². The van der Waals surface area contributed by atoms with Crippen LogP contribution >= 0.6 is 0 Å². The number of hydrogen-bond acceptors (Lipinski definition) is 5. The van der Waals surface area contributed by atoms with Gasteiger partial charge in [0.15, 0.2) is 0 Å². The SMILES string of the molecule is CN1CCN(S(=O)(=O)C[C@H](N)C(=O)O)CC1. The lowest BCUT2D eigenvalue weighted by atomic mass is 10.4. The first-order valence-corrected chi connectivity index (χ1v) is 6.58. The molecule has 94 valence electrons. The number of hydrogen-bond donors (Lipinski definition) is 2. The molecule has 0 bridgehead atoms.